The summed E-state index contributed by atoms with van der Waals surface area (Å²) in [5.74, 6) is -0.557. The van der Waals surface area contributed by atoms with Gasteiger partial charge in [0.2, 0.25) is 10.0 Å². The summed E-state index contributed by atoms with van der Waals surface area (Å²) >= 11 is 0. The van der Waals surface area contributed by atoms with Crippen molar-refractivity contribution < 1.29 is 27.5 Å². The zero-order chi connectivity index (χ0) is 20.5. The second kappa shape index (κ2) is 8.00. The molecule has 9 heteroatoms. The van der Waals surface area contributed by atoms with E-state index in [2.05, 4.69) is 0 Å². The molecule has 152 valence electrons. The Morgan fingerprint density at radius 1 is 1.07 bits per heavy atom. The molecule has 0 aromatic heterocycles. The normalized spacial score (nSPS) is 22.6. The molecule has 1 aliphatic carbocycles. The van der Waals surface area contributed by atoms with Crippen LogP contribution in [0.5, 0.6) is 0 Å². The van der Waals surface area contributed by atoms with Crippen molar-refractivity contribution >= 4 is 27.7 Å². The molecule has 1 saturated carbocycles. The number of nitrogens with zero attached hydrogens (tertiary/aromatic N) is 2. The first-order chi connectivity index (χ1) is 13.2. The van der Waals surface area contributed by atoms with E-state index < -0.39 is 10.0 Å². The molecule has 28 heavy (non-hydrogen) atoms. The molecule has 0 bridgehead atoms. The van der Waals surface area contributed by atoms with Gasteiger partial charge in [-0.05, 0) is 31.4 Å². The highest BCUT2D eigenvalue weighted by atomic mass is 32.2. The van der Waals surface area contributed by atoms with Crippen LogP contribution >= 0.6 is 0 Å². The smallest absolute Gasteiger partial charge is 0.309 e. The number of ether oxygens (including phenoxy) is 1. The number of benzene rings is 1. The van der Waals surface area contributed by atoms with Crippen LogP contribution in [0.4, 0.5) is 0 Å². The zero-order valence-corrected chi connectivity index (χ0v) is 16.8. The summed E-state index contributed by atoms with van der Waals surface area (Å²) in [5, 5.41) is 0. The Morgan fingerprint density at radius 3 is 2.14 bits per heavy atom. The second-order valence-electron chi connectivity index (χ2n) is 7.29. The van der Waals surface area contributed by atoms with Crippen LogP contribution in [0.1, 0.15) is 30.6 Å². The molecule has 1 aliphatic heterocycles. The minimum absolute atomic E-state index is 0.0934. The van der Waals surface area contributed by atoms with Crippen molar-refractivity contribution in [3.63, 3.8) is 0 Å². The van der Waals surface area contributed by atoms with Gasteiger partial charge >= 0.3 is 5.97 Å². The van der Waals surface area contributed by atoms with Gasteiger partial charge in [-0.1, -0.05) is 19.1 Å². The van der Waals surface area contributed by atoms with Gasteiger partial charge in [-0.15, -0.1) is 0 Å². The van der Waals surface area contributed by atoms with Crippen molar-refractivity contribution in [1.82, 2.24) is 9.21 Å². The summed E-state index contributed by atoms with van der Waals surface area (Å²) < 4.78 is 31.9. The van der Waals surface area contributed by atoms with Crippen molar-refractivity contribution in [2.45, 2.75) is 25.2 Å². The van der Waals surface area contributed by atoms with Crippen LogP contribution in [-0.2, 0) is 24.3 Å². The number of Topliss-reactive ketones (excluding diaryl/α,β-unsaturated/α-hetero) is 1. The lowest BCUT2D eigenvalue weighted by molar-refractivity contribution is -0.153. The molecule has 0 radical (unpaired) electrons. The predicted octanol–water partition coefficient (Wildman–Crippen LogP) is 0.921. The quantitative estimate of drug-likeness (QED) is 0.513. The fraction of sp³-hybridized carbons (Fsp3) is 0.526. The van der Waals surface area contributed by atoms with E-state index in [9.17, 15) is 22.8 Å². The number of piperazine rings is 1. The van der Waals surface area contributed by atoms with Crippen molar-refractivity contribution in [3.05, 3.63) is 29.8 Å². The standard InChI is InChI=1S/C19H24N2O6S/c1-13-11-17(13)19(24)27-12-18(23)20-7-9-21(10-8-20)28(25,26)16-5-3-15(4-6-16)14(2)22/h3-6,13,17H,7-12H2,1-2H3/t13-,17+/m1/s1. The Bertz CT molecular complexity index is 872. The number of carbonyl (C=O) groups excluding carboxylic acids is 3. The first-order valence-corrected chi connectivity index (χ1v) is 10.7. The zero-order valence-electron chi connectivity index (χ0n) is 16.0. The van der Waals surface area contributed by atoms with Crippen molar-refractivity contribution in [1.29, 1.82) is 0 Å². The number of ketones is 1. The molecule has 1 heterocycles. The molecule has 1 aromatic carbocycles. The molecule has 2 fully saturated rings. The summed E-state index contributed by atoms with van der Waals surface area (Å²) in [4.78, 5) is 36.9. The van der Waals surface area contributed by atoms with Gasteiger partial charge in [0, 0.05) is 31.7 Å². The molecule has 0 unspecified atom stereocenters. The number of amides is 1. The van der Waals surface area contributed by atoms with Crippen LogP contribution < -0.4 is 0 Å². The molecule has 1 amide bonds. The van der Waals surface area contributed by atoms with Gasteiger partial charge in [-0.25, -0.2) is 8.42 Å². The highest BCUT2D eigenvalue weighted by molar-refractivity contribution is 7.89. The first-order valence-electron chi connectivity index (χ1n) is 9.25. The van der Waals surface area contributed by atoms with Crippen molar-refractivity contribution in [3.8, 4) is 0 Å². The molecule has 2 aliphatic rings. The van der Waals surface area contributed by atoms with Crippen LogP contribution in [0, 0.1) is 11.8 Å². The predicted molar refractivity (Wildman–Crippen MR) is 100 cm³/mol. The van der Waals surface area contributed by atoms with E-state index in [4.69, 9.17) is 4.74 Å². The molecule has 0 spiro atoms. The van der Waals surface area contributed by atoms with E-state index in [1.807, 2.05) is 6.92 Å². The minimum Gasteiger partial charge on any atom is -0.455 e. The van der Waals surface area contributed by atoms with Crippen molar-refractivity contribution in [2.75, 3.05) is 32.8 Å². The van der Waals surface area contributed by atoms with Crippen LogP contribution in [0.3, 0.4) is 0 Å². The summed E-state index contributed by atoms with van der Waals surface area (Å²) in [6, 6.07) is 5.82. The van der Waals surface area contributed by atoms with Crippen LogP contribution in [0.15, 0.2) is 29.2 Å². The van der Waals surface area contributed by atoms with Gasteiger partial charge in [0.25, 0.3) is 5.91 Å². The van der Waals surface area contributed by atoms with Gasteiger partial charge in [-0.3, -0.25) is 14.4 Å². The molecule has 0 N–H and O–H groups in total. The lowest BCUT2D eigenvalue weighted by Crippen LogP contribution is -2.51. The number of hydrogen-bond acceptors (Lipinski definition) is 6. The summed E-state index contributed by atoms with van der Waals surface area (Å²) in [7, 11) is -3.69. The van der Waals surface area contributed by atoms with Crippen LogP contribution in [-0.4, -0.2) is 68.1 Å². The number of sulfonamides is 1. The fourth-order valence-electron chi connectivity index (χ4n) is 3.17. The average molecular weight is 408 g/mol. The van der Waals surface area contributed by atoms with Gasteiger partial charge < -0.3 is 9.64 Å². The molecular weight excluding hydrogens is 384 g/mol. The van der Waals surface area contributed by atoms with Crippen molar-refractivity contribution in [2.24, 2.45) is 11.8 Å². The summed E-state index contributed by atoms with van der Waals surface area (Å²) in [6.07, 6.45) is 0.803. The van der Waals surface area contributed by atoms with E-state index in [0.717, 1.165) is 6.42 Å². The van der Waals surface area contributed by atoms with Crippen LogP contribution in [0.25, 0.3) is 0 Å². The highest BCUT2D eigenvalue weighted by Crippen LogP contribution is 2.38. The number of hydrogen-bond donors (Lipinski definition) is 0. The number of rotatable bonds is 6. The van der Waals surface area contributed by atoms with E-state index in [0.29, 0.717) is 11.5 Å². The Kier molecular flexibility index (Phi) is 5.85. The van der Waals surface area contributed by atoms with E-state index in [1.54, 1.807) is 0 Å². The Hall–Kier alpha value is -2.26. The monoisotopic (exact) mass is 408 g/mol. The van der Waals surface area contributed by atoms with E-state index >= 15 is 0 Å². The van der Waals surface area contributed by atoms with E-state index in [1.165, 1.54) is 40.4 Å². The maximum absolute atomic E-state index is 12.7. The van der Waals surface area contributed by atoms with Crippen LogP contribution in [0.2, 0.25) is 0 Å². The molecule has 1 aromatic rings. The molecular formula is C19H24N2O6S. The third-order valence-corrected chi connectivity index (χ3v) is 7.15. The maximum atomic E-state index is 12.7. The molecule has 2 atom stereocenters. The summed E-state index contributed by atoms with van der Waals surface area (Å²) in [5.41, 5.74) is 0.449. The Morgan fingerprint density at radius 2 is 1.64 bits per heavy atom. The molecule has 3 rings (SSSR count). The number of carbonyl (C=O) groups is 3. The SMILES string of the molecule is CC(=O)c1ccc(S(=O)(=O)N2CCN(C(=O)COC(=O)[C@H]3C[C@H]3C)CC2)cc1. The minimum atomic E-state index is -3.69. The largest absolute Gasteiger partial charge is 0.455 e. The molecule has 1 saturated heterocycles. The number of esters is 1. The Balaban J connectivity index is 1.53. The van der Waals surface area contributed by atoms with Gasteiger partial charge in [-0.2, -0.15) is 4.31 Å². The van der Waals surface area contributed by atoms with Gasteiger partial charge in [0.05, 0.1) is 10.8 Å². The summed E-state index contributed by atoms with van der Waals surface area (Å²) in [6.45, 7) is 3.87. The third-order valence-electron chi connectivity index (χ3n) is 5.24. The lowest BCUT2D eigenvalue weighted by atomic mass is 10.2. The third kappa shape index (κ3) is 4.41. The first kappa shape index (κ1) is 20.5. The van der Waals surface area contributed by atoms with E-state index in [-0.39, 0.29) is 61.3 Å². The van der Waals surface area contributed by atoms with Gasteiger partial charge in [0.15, 0.2) is 12.4 Å². The Labute approximate surface area is 164 Å². The van der Waals surface area contributed by atoms with Gasteiger partial charge in [0.1, 0.15) is 0 Å². The molecule has 8 nitrogen and oxygen atoms in total. The highest BCUT2D eigenvalue weighted by Gasteiger charge is 2.41. The lowest BCUT2D eigenvalue weighted by Gasteiger charge is -2.33. The average Bonchev–Trinajstić information content (AvgIpc) is 3.42. The second-order valence-corrected chi connectivity index (χ2v) is 9.23. The maximum Gasteiger partial charge on any atom is 0.309 e. The fourth-order valence-corrected chi connectivity index (χ4v) is 4.59. The topological polar surface area (TPSA) is 101 Å².